The number of ether oxygens (including phenoxy) is 2. The van der Waals surface area contributed by atoms with Crippen molar-refractivity contribution in [3.8, 4) is 0 Å². The number of hydrogen-bond acceptors (Lipinski definition) is 4. The standard InChI is InChI=1S/C11H18O4/c1-14-10(13)9(12)8-3-6-15-11(7-8)4-2-5-11/h8-9,12H,2-7H2,1H3. The van der Waals surface area contributed by atoms with Crippen molar-refractivity contribution in [2.45, 2.75) is 43.8 Å². The Morgan fingerprint density at radius 2 is 2.33 bits per heavy atom. The summed E-state index contributed by atoms with van der Waals surface area (Å²) in [5.74, 6) is -0.511. The third kappa shape index (κ3) is 2.01. The van der Waals surface area contributed by atoms with Crippen molar-refractivity contribution in [3.63, 3.8) is 0 Å². The van der Waals surface area contributed by atoms with E-state index in [2.05, 4.69) is 4.74 Å². The lowest BCUT2D eigenvalue weighted by Crippen LogP contribution is -2.49. The van der Waals surface area contributed by atoms with Gasteiger partial charge >= 0.3 is 5.97 Å². The summed E-state index contributed by atoms with van der Waals surface area (Å²) in [5.41, 5.74) is -0.0298. The summed E-state index contributed by atoms with van der Waals surface area (Å²) in [6.45, 7) is 0.652. The number of methoxy groups -OCH3 is 1. The first kappa shape index (κ1) is 10.9. The predicted molar refractivity (Wildman–Crippen MR) is 53.3 cm³/mol. The van der Waals surface area contributed by atoms with E-state index in [1.807, 2.05) is 0 Å². The van der Waals surface area contributed by atoms with Crippen LogP contribution in [0.5, 0.6) is 0 Å². The Kier molecular flexibility index (Phi) is 2.98. The Labute approximate surface area is 89.6 Å². The van der Waals surface area contributed by atoms with Gasteiger partial charge in [-0.3, -0.25) is 0 Å². The zero-order chi connectivity index (χ0) is 10.9. The number of rotatable bonds is 2. The van der Waals surface area contributed by atoms with Crippen LogP contribution in [0.2, 0.25) is 0 Å². The van der Waals surface area contributed by atoms with Crippen molar-refractivity contribution in [3.05, 3.63) is 0 Å². The van der Waals surface area contributed by atoms with Crippen LogP contribution in [0.4, 0.5) is 0 Å². The Morgan fingerprint density at radius 1 is 1.60 bits per heavy atom. The first-order valence-electron chi connectivity index (χ1n) is 5.57. The van der Waals surface area contributed by atoms with Gasteiger partial charge in [0.15, 0.2) is 6.10 Å². The molecule has 1 N–H and O–H groups in total. The van der Waals surface area contributed by atoms with Gasteiger partial charge in [-0.15, -0.1) is 0 Å². The molecule has 4 nitrogen and oxygen atoms in total. The van der Waals surface area contributed by atoms with Crippen LogP contribution >= 0.6 is 0 Å². The second-order valence-corrected chi connectivity index (χ2v) is 4.61. The maximum atomic E-state index is 11.2. The van der Waals surface area contributed by atoms with Gasteiger partial charge in [0.25, 0.3) is 0 Å². The largest absolute Gasteiger partial charge is 0.467 e. The number of carbonyl (C=O) groups is 1. The maximum absolute atomic E-state index is 11.2. The molecule has 2 rings (SSSR count). The van der Waals surface area contributed by atoms with E-state index in [9.17, 15) is 9.90 Å². The van der Waals surface area contributed by atoms with Crippen molar-refractivity contribution in [1.82, 2.24) is 0 Å². The zero-order valence-electron chi connectivity index (χ0n) is 9.07. The fourth-order valence-corrected chi connectivity index (χ4v) is 2.57. The molecule has 1 aliphatic carbocycles. The van der Waals surface area contributed by atoms with Gasteiger partial charge < -0.3 is 14.6 Å². The zero-order valence-corrected chi connectivity index (χ0v) is 9.07. The molecule has 1 heterocycles. The molecule has 1 saturated heterocycles. The fourth-order valence-electron chi connectivity index (χ4n) is 2.57. The van der Waals surface area contributed by atoms with Crippen LogP contribution in [0, 0.1) is 5.92 Å². The lowest BCUT2D eigenvalue weighted by atomic mass is 9.71. The van der Waals surface area contributed by atoms with Crippen molar-refractivity contribution >= 4 is 5.97 Å². The quantitative estimate of drug-likeness (QED) is 0.693. The Bertz CT molecular complexity index is 247. The third-order valence-corrected chi connectivity index (χ3v) is 3.69. The van der Waals surface area contributed by atoms with Crippen LogP contribution in [0.1, 0.15) is 32.1 Å². The van der Waals surface area contributed by atoms with E-state index < -0.39 is 12.1 Å². The van der Waals surface area contributed by atoms with Crippen LogP contribution in [0.3, 0.4) is 0 Å². The molecule has 1 spiro atoms. The van der Waals surface area contributed by atoms with Crippen LogP contribution in [-0.2, 0) is 14.3 Å². The number of esters is 1. The summed E-state index contributed by atoms with van der Waals surface area (Å²) in [4.78, 5) is 11.2. The Balaban J connectivity index is 1.94. The molecule has 15 heavy (non-hydrogen) atoms. The summed E-state index contributed by atoms with van der Waals surface area (Å²) in [7, 11) is 1.31. The van der Waals surface area contributed by atoms with Gasteiger partial charge in [-0.1, -0.05) is 0 Å². The summed E-state index contributed by atoms with van der Waals surface area (Å²) < 4.78 is 10.3. The molecule has 86 valence electrons. The minimum absolute atomic E-state index is 0.00602. The van der Waals surface area contributed by atoms with E-state index in [0.717, 1.165) is 25.7 Å². The van der Waals surface area contributed by atoms with Crippen LogP contribution in [0.25, 0.3) is 0 Å². The van der Waals surface area contributed by atoms with E-state index in [-0.39, 0.29) is 11.5 Å². The molecule has 0 bridgehead atoms. The minimum Gasteiger partial charge on any atom is -0.467 e. The lowest BCUT2D eigenvalue weighted by molar-refractivity contribution is -0.173. The lowest BCUT2D eigenvalue weighted by Gasteiger charge is -2.47. The Morgan fingerprint density at radius 3 is 2.87 bits per heavy atom. The van der Waals surface area contributed by atoms with Gasteiger partial charge in [0.1, 0.15) is 0 Å². The molecule has 0 aromatic carbocycles. The third-order valence-electron chi connectivity index (χ3n) is 3.69. The molecule has 2 fully saturated rings. The maximum Gasteiger partial charge on any atom is 0.334 e. The summed E-state index contributed by atoms with van der Waals surface area (Å²) in [5, 5.41) is 9.76. The van der Waals surface area contributed by atoms with E-state index in [0.29, 0.717) is 6.61 Å². The summed E-state index contributed by atoms with van der Waals surface area (Å²) in [6.07, 6.45) is 3.90. The molecule has 2 unspecified atom stereocenters. The van der Waals surface area contributed by atoms with Crippen LogP contribution in [0.15, 0.2) is 0 Å². The number of aliphatic hydroxyl groups is 1. The smallest absolute Gasteiger partial charge is 0.334 e. The van der Waals surface area contributed by atoms with E-state index in [1.54, 1.807) is 0 Å². The fraction of sp³-hybridized carbons (Fsp3) is 0.909. The first-order valence-corrected chi connectivity index (χ1v) is 5.57. The van der Waals surface area contributed by atoms with Gasteiger partial charge in [-0.05, 0) is 32.1 Å². The molecule has 1 aliphatic heterocycles. The van der Waals surface area contributed by atoms with Crippen molar-refractivity contribution < 1.29 is 19.4 Å². The molecule has 0 amide bonds. The second kappa shape index (κ2) is 4.10. The summed E-state index contributed by atoms with van der Waals surface area (Å²) in [6, 6.07) is 0. The van der Waals surface area contributed by atoms with Crippen molar-refractivity contribution in [2.75, 3.05) is 13.7 Å². The Hall–Kier alpha value is -0.610. The van der Waals surface area contributed by atoms with Crippen LogP contribution < -0.4 is 0 Å². The molecule has 0 aromatic rings. The molecule has 2 aliphatic rings. The predicted octanol–water partition coefficient (Wildman–Crippen LogP) is 0.870. The minimum atomic E-state index is -0.976. The highest BCUT2D eigenvalue weighted by Crippen LogP contribution is 2.45. The molecule has 0 aromatic heterocycles. The normalized spacial score (nSPS) is 30.7. The van der Waals surface area contributed by atoms with Crippen molar-refractivity contribution in [2.24, 2.45) is 5.92 Å². The highest BCUT2D eigenvalue weighted by Gasteiger charge is 2.45. The SMILES string of the molecule is COC(=O)C(O)C1CCOC2(CCC2)C1. The molecule has 2 atom stereocenters. The average Bonchev–Trinajstić information content (AvgIpc) is 2.25. The van der Waals surface area contributed by atoms with E-state index in [4.69, 9.17) is 4.74 Å². The monoisotopic (exact) mass is 214 g/mol. The van der Waals surface area contributed by atoms with Crippen molar-refractivity contribution in [1.29, 1.82) is 0 Å². The van der Waals surface area contributed by atoms with Crippen LogP contribution in [-0.4, -0.2) is 36.5 Å². The molecule has 1 saturated carbocycles. The average molecular weight is 214 g/mol. The van der Waals surface area contributed by atoms with Gasteiger partial charge in [0, 0.05) is 12.5 Å². The molecular formula is C11H18O4. The number of hydrogen-bond donors (Lipinski definition) is 1. The van der Waals surface area contributed by atoms with Gasteiger partial charge in [-0.25, -0.2) is 4.79 Å². The summed E-state index contributed by atoms with van der Waals surface area (Å²) >= 11 is 0. The molecule has 0 radical (unpaired) electrons. The highest BCUT2D eigenvalue weighted by atomic mass is 16.5. The first-order chi connectivity index (χ1) is 7.17. The second-order valence-electron chi connectivity index (χ2n) is 4.61. The number of carbonyl (C=O) groups excluding carboxylic acids is 1. The van der Waals surface area contributed by atoms with Gasteiger partial charge in [0.2, 0.25) is 0 Å². The molecule has 4 heteroatoms. The number of aliphatic hydroxyl groups excluding tert-OH is 1. The van der Waals surface area contributed by atoms with E-state index in [1.165, 1.54) is 13.5 Å². The van der Waals surface area contributed by atoms with Gasteiger partial charge in [-0.2, -0.15) is 0 Å². The topological polar surface area (TPSA) is 55.8 Å². The molecular weight excluding hydrogens is 196 g/mol. The highest BCUT2D eigenvalue weighted by molar-refractivity contribution is 5.74. The van der Waals surface area contributed by atoms with E-state index >= 15 is 0 Å². The van der Waals surface area contributed by atoms with Gasteiger partial charge in [0.05, 0.1) is 12.7 Å².